The fourth-order valence-electron chi connectivity index (χ4n) is 1.32. The van der Waals surface area contributed by atoms with Crippen LogP contribution in [0.4, 0.5) is 0 Å². The van der Waals surface area contributed by atoms with Gasteiger partial charge in [0.15, 0.2) is 0 Å². The summed E-state index contributed by atoms with van der Waals surface area (Å²) in [5, 5.41) is 13.7. The fraction of sp³-hybridized carbons (Fsp3) is 0.500. The molecule has 0 saturated carbocycles. The summed E-state index contributed by atoms with van der Waals surface area (Å²) in [5.41, 5.74) is 0.811. The molecule has 0 amide bonds. The van der Waals surface area contributed by atoms with Crippen LogP contribution < -0.4 is 5.32 Å². The Labute approximate surface area is 107 Å². The van der Waals surface area contributed by atoms with E-state index in [1.165, 1.54) is 0 Å². The van der Waals surface area contributed by atoms with E-state index in [2.05, 4.69) is 5.32 Å². The largest absolute Gasteiger partial charge is 0.394 e. The molecule has 0 saturated heterocycles. The maximum absolute atomic E-state index is 9.08. The number of hydrogen-bond acceptors (Lipinski definition) is 2. The second-order valence-corrected chi connectivity index (χ2v) is 5.30. The maximum atomic E-state index is 9.08. The molecule has 2 nitrogen and oxygen atoms in total. The van der Waals surface area contributed by atoms with Gasteiger partial charge in [-0.05, 0) is 44.5 Å². The zero-order chi connectivity index (χ0) is 12.2. The van der Waals surface area contributed by atoms with Crippen LogP contribution >= 0.6 is 23.2 Å². The molecule has 0 aliphatic heterocycles. The van der Waals surface area contributed by atoms with Crippen LogP contribution in [0.25, 0.3) is 0 Å². The summed E-state index contributed by atoms with van der Waals surface area (Å²) in [6.07, 6.45) is 0.819. The number of benzene rings is 1. The van der Waals surface area contributed by atoms with Crippen molar-refractivity contribution in [2.45, 2.75) is 25.8 Å². The van der Waals surface area contributed by atoms with Crippen molar-refractivity contribution in [1.82, 2.24) is 5.32 Å². The Balaban J connectivity index is 2.49. The molecule has 0 unspecified atom stereocenters. The Morgan fingerprint density at radius 1 is 1.31 bits per heavy atom. The summed E-state index contributed by atoms with van der Waals surface area (Å²) >= 11 is 11.9. The molecule has 1 aromatic carbocycles. The van der Waals surface area contributed by atoms with E-state index in [0.717, 1.165) is 18.5 Å². The van der Waals surface area contributed by atoms with Crippen LogP contribution in [0.1, 0.15) is 19.4 Å². The summed E-state index contributed by atoms with van der Waals surface area (Å²) in [6, 6.07) is 5.51. The number of hydrogen-bond donors (Lipinski definition) is 2. The van der Waals surface area contributed by atoms with Gasteiger partial charge in [0.05, 0.1) is 6.61 Å². The molecule has 90 valence electrons. The second-order valence-electron chi connectivity index (χ2n) is 4.45. The van der Waals surface area contributed by atoms with Gasteiger partial charge in [-0.1, -0.05) is 29.3 Å². The molecule has 1 aromatic rings. The minimum atomic E-state index is -0.251. The third kappa shape index (κ3) is 4.30. The fourth-order valence-corrected chi connectivity index (χ4v) is 1.82. The number of halogens is 2. The molecule has 0 fully saturated rings. The Hall–Kier alpha value is -0.280. The topological polar surface area (TPSA) is 32.3 Å². The van der Waals surface area contributed by atoms with Crippen LogP contribution in [0.5, 0.6) is 0 Å². The summed E-state index contributed by atoms with van der Waals surface area (Å²) < 4.78 is 0. The van der Waals surface area contributed by atoms with Gasteiger partial charge in [-0.3, -0.25) is 0 Å². The first-order valence-electron chi connectivity index (χ1n) is 5.24. The average molecular weight is 262 g/mol. The number of aliphatic hydroxyl groups is 1. The monoisotopic (exact) mass is 261 g/mol. The van der Waals surface area contributed by atoms with Gasteiger partial charge >= 0.3 is 0 Å². The van der Waals surface area contributed by atoms with Crippen molar-refractivity contribution in [3.63, 3.8) is 0 Å². The maximum Gasteiger partial charge on any atom is 0.0607 e. The molecule has 0 bridgehead atoms. The van der Waals surface area contributed by atoms with Crippen LogP contribution in [-0.2, 0) is 6.42 Å². The molecule has 0 aliphatic rings. The summed E-state index contributed by atoms with van der Waals surface area (Å²) in [4.78, 5) is 0. The molecule has 16 heavy (non-hydrogen) atoms. The zero-order valence-electron chi connectivity index (χ0n) is 9.56. The molecule has 0 heterocycles. The number of nitrogens with one attached hydrogen (secondary N) is 1. The van der Waals surface area contributed by atoms with E-state index < -0.39 is 0 Å². The van der Waals surface area contributed by atoms with Crippen LogP contribution in [0, 0.1) is 0 Å². The van der Waals surface area contributed by atoms with Crippen molar-refractivity contribution in [3.8, 4) is 0 Å². The minimum absolute atomic E-state index is 0.112. The molecule has 1 rings (SSSR count). The van der Waals surface area contributed by atoms with Crippen molar-refractivity contribution in [3.05, 3.63) is 33.8 Å². The molecular formula is C12H17Cl2NO. The Morgan fingerprint density at radius 3 is 2.56 bits per heavy atom. The van der Waals surface area contributed by atoms with E-state index in [-0.39, 0.29) is 12.1 Å². The standard InChI is InChI=1S/C12H17Cl2NO/c1-12(2,8-16)15-6-5-9-3-4-10(13)7-11(9)14/h3-4,7,15-16H,5-6,8H2,1-2H3. The van der Waals surface area contributed by atoms with E-state index in [1.54, 1.807) is 6.07 Å². The first-order valence-corrected chi connectivity index (χ1v) is 6.00. The Bertz CT molecular complexity index is 353. The summed E-state index contributed by atoms with van der Waals surface area (Å²) in [5.74, 6) is 0. The number of aliphatic hydroxyl groups excluding tert-OH is 1. The van der Waals surface area contributed by atoms with Gasteiger partial charge in [-0.25, -0.2) is 0 Å². The van der Waals surface area contributed by atoms with Gasteiger partial charge in [0.2, 0.25) is 0 Å². The van der Waals surface area contributed by atoms with Gasteiger partial charge in [-0.15, -0.1) is 0 Å². The molecule has 0 atom stereocenters. The molecule has 2 N–H and O–H groups in total. The lowest BCUT2D eigenvalue weighted by molar-refractivity contribution is 0.189. The molecule has 0 aromatic heterocycles. The normalized spacial score (nSPS) is 11.8. The van der Waals surface area contributed by atoms with Gasteiger partial charge in [-0.2, -0.15) is 0 Å². The van der Waals surface area contributed by atoms with Crippen molar-refractivity contribution in [2.24, 2.45) is 0 Å². The predicted octanol–water partition coefficient (Wildman–Crippen LogP) is 2.90. The lowest BCUT2D eigenvalue weighted by Crippen LogP contribution is -2.43. The summed E-state index contributed by atoms with van der Waals surface area (Å²) in [6.45, 7) is 4.79. The highest BCUT2D eigenvalue weighted by Gasteiger charge is 2.14. The van der Waals surface area contributed by atoms with Gasteiger partial charge < -0.3 is 10.4 Å². The van der Waals surface area contributed by atoms with Crippen molar-refractivity contribution in [2.75, 3.05) is 13.2 Å². The highest BCUT2D eigenvalue weighted by Crippen LogP contribution is 2.21. The van der Waals surface area contributed by atoms with Gasteiger partial charge in [0.1, 0.15) is 0 Å². The van der Waals surface area contributed by atoms with Crippen LogP contribution in [-0.4, -0.2) is 23.8 Å². The highest BCUT2D eigenvalue weighted by atomic mass is 35.5. The van der Waals surface area contributed by atoms with Crippen molar-refractivity contribution in [1.29, 1.82) is 0 Å². The Morgan fingerprint density at radius 2 is 2.00 bits per heavy atom. The zero-order valence-corrected chi connectivity index (χ0v) is 11.1. The molecule has 0 spiro atoms. The minimum Gasteiger partial charge on any atom is -0.394 e. The molecule has 0 radical (unpaired) electrons. The van der Waals surface area contributed by atoms with E-state index in [1.807, 2.05) is 26.0 Å². The summed E-state index contributed by atoms with van der Waals surface area (Å²) in [7, 11) is 0. The van der Waals surface area contributed by atoms with Crippen LogP contribution in [0.3, 0.4) is 0 Å². The van der Waals surface area contributed by atoms with Crippen molar-refractivity contribution >= 4 is 23.2 Å². The lowest BCUT2D eigenvalue weighted by Gasteiger charge is -2.23. The number of rotatable bonds is 5. The van der Waals surface area contributed by atoms with Crippen LogP contribution in [0.2, 0.25) is 10.0 Å². The molecule has 4 heteroatoms. The van der Waals surface area contributed by atoms with Gasteiger partial charge in [0, 0.05) is 15.6 Å². The second kappa shape index (κ2) is 5.87. The first-order chi connectivity index (χ1) is 7.44. The SMILES string of the molecule is CC(C)(CO)NCCc1ccc(Cl)cc1Cl. The average Bonchev–Trinajstić information content (AvgIpc) is 2.21. The third-order valence-corrected chi connectivity index (χ3v) is 3.00. The first kappa shape index (κ1) is 13.8. The van der Waals surface area contributed by atoms with E-state index >= 15 is 0 Å². The highest BCUT2D eigenvalue weighted by molar-refractivity contribution is 6.35. The molecule has 0 aliphatic carbocycles. The van der Waals surface area contributed by atoms with Gasteiger partial charge in [0.25, 0.3) is 0 Å². The van der Waals surface area contributed by atoms with Crippen LogP contribution in [0.15, 0.2) is 18.2 Å². The third-order valence-electron chi connectivity index (χ3n) is 2.41. The predicted molar refractivity (Wildman–Crippen MR) is 69.3 cm³/mol. The smallest absolute Gasteiger partial charge is 0.0607 e. The quantitative estimate of drug-likeness (QED) is 0.855. The van der Waals surface area contributed by atoms with E-state index in [9.17, 15) is 0 Å². The van der Waals surface area contributed by atoms with E-state index in [0.29, 0.717) is 10.0 Å². The molecular weight excluding hydrogens is 245 g/mol. The lowest BCUT2D eigenvalue weighted by atomic mass is 10.1. The Kier molecular flexibility index (Phi) is 5.06. The van der Waals surface area contributed by atoms with Crippen molar-refractivity contribution < 1.29 is 5.11 Å². The van der Waals surface area contributed by atoms with E-state index in [4.69, 9.17) is 28.3 Å².